The minimum absolute atomic E-state index is 0.0137. The number of nitrogen functional groups attached to an aromatic ring is 1. The largest absolute Gasteiger partial charge is 0.465 e. The van der Waals surface area contributed by atoms with Gasteiger partial charge in [-0.15, -0.1) is 0 Å². The molecule has 1 fully saturated rings. The molecule has 9 heteroatoms. The summed E-state index contributed by atoms with van der Waals surface area (Å²) in [6.07, 6.45) is 2.20. The molecule has 106 valence electrons. The quantitative estimate of drug-likeness (QED) is 0.714. The Balaban J connectivity index is 2.02. The summed E-state index contributed by atoms with van der Waals surface area (Å²) in [4.78, 5) is 20.7. The van der Waals surface area contributed by atoms with Gasteiger partial charge < -0.3 is 15.7 Å². The van der Waals surface area contributed by atoms with Crippen molar-refractivity contribution in [2.24, 2.45) is 0 Å². The van der Waals surface area contributed by atoms with E-state index in [2.05, 4.69) is 37.7 Å². The number of nitrogens with zero attached hydrogens (tertiary/aromatic N) is 5. The molecule has 2 aromatic rings. The number of halogens is 1. The van der Waals surface area contributed by atoms with E-state index in [1.54, 1.807) is 4.68 Å². The van der Waals surface area contributed by atoms with E-state index in [9.17, 15) is 4.79 Å². The van der Waals surface area contributed by atoms with E-state index in [0.717, 1.165) is 21.9 Å². The van der Waals surface area contributed by atoms with Crippen LogP contribution in [0, 0.1) is 3.70 Å². The van der Waals surface area contributed by atoms with Crippen LogP contribution in [0.3, 0.4) is 0 Å². The highest BCUT2D eigenvalue weighted by Crippen LogP contribution is 2.28. The maximum atomic E-state index is 11.1. The number of amides is 1. The van der Waals surface area contributed by atoms with E-state index in [1.807, 2.05) is 0 Å². The molecule has 0 saturated carbocycles. The van der Waals surface area contributed by atoms with E-state index in [0.29, 0.717) is 24.6 Å². The van der Waals surface area contributed by atoms with Crippen LogP contribution in [0.15, 0.2) is 6.33 Å². The Hall–Kier alpha value is -1.65. The minimum Gasteiger partial charge on any atom is -0.465 e. The first-order chi connectivity index (χ1) is 9.58. The summed E-state index contributed by atoms with van der Waals surface area (Å²) in [6.45, 7) is 0.991. The first-order valence-corrected chi connectivity index (χ1v) is 7.28. The van der Waals surface area contributed by atoms with Crippen molar-refractivity contribution < 1.29 is 9.90 Å². The van der Waals surface area contributed by atoms with Crippen LogP contribution < -0.4 is 5.73 Å². The molecule has 0 spiro atoms. The predicted molar refractivity (Wildman–Crippen MR) is 80.3 cm³/mol. The van der Waals surface area contributed by atoms with Crippen molar-refractivity contribution in [3.05, 3.63) is 10.0 Å². The molecule has 0 aliphatic carbocycles. The van der Waals surface area contributed by atoms with E-state index in [4.69, 9.17) is 10.8 Å². The zero-order chi connectivity index (χ0) is 14.3. The number of likely N-dealkylation sites (tertiary alicyclic amines) is 1. The van der Waals surface area contributed by atoms with Crippen molar-refractivity contribution in [3.63, 3.8) is 0 Å². The van der Waals surface area contributed by atoms with Crippen molar-refractivity contribution >= 4 is 45.5 Å². The lowest BCUT2D eigenvalue weighted by Crippen LogP contribution is -2.40. The monoisotopic (exact) mass is 388 g/mol. The maximum Gasteiger partial charge on any atom is 0.407 e. The van der Waals surface area contributed by atoms with Crippen molar-refractivity contribution in [2.45, 2.75) is 18.9 Å². The lowest BCUT2D eigenvalue weighted by atomic mass is 10.1. The molecular formula is C11H13IN6O2. The van der Waals surface area contributed by atoms with Gasteiger partial charge in [-0.25, -0.2) is 19.4 Å². The minimum atomic E-state index is -0.894. The molecule has 1 saturated heterocycles. The molecule has 1 aliphatic heterocycles. The van der Waals surface area contributed by atoms with Crippen LogP contribution in [0.4, 0.5) is 10.6 Å². The molecule has 0 unspecified atom stereocenters. The van der Waals surface area contributed by atoms with Crippen LogP contribution in [-0.4, -0.2) is 48.9 Å². The second-order valence-electron chi connectivity index (χ2n) is 4.72. The highest BCUT2D eigenvalue weighted by molar-refractivity contribution is 14.1. The molecule has 0 bridgehead atoms. The normalized spacial score (nSPS) is 19.4. The highest BCUT2D eigenvalue weighted by Gasteiger charge is 2.27. The van der Waals surface area contributed by atoms with Gasteiger partial charge >= 0.3 is 6.09 Å². The van der Waals surface area contributed by atoms with Gasteiger partial charge in [-0.1, -0.05) is 0 Å². The molecule has 2 aromatic heterocycles. The molecule has 0 aromatic carbocycles. The third-order valence-electron chi connectivity index (χ3n) is 3.49. The van der Waals surface area contributed by atoms with Gasteiger partial charge in [-0.2, -0.15) is 5.10 Å². The first-order valence-electron chi connectivity index (χ1n) is 6.20. The standard InChI is InChI=1S/C11H13IN6O2/c12-8-7-9(13)14-5-15-10(7)18(16-8)6-2-1-3-17(4-6)11(19)20/h5-6H,1-4H2,(H,19,20)(H2,13,14,15)/t6-/m1/s1. The Morgan fingerprint density at radius 1 is 1.50 bits per heavy atom. The van der Waals surface area contributed by atoms with Crippen LogP contribution in [0.5, 0.6) is 0 Å². The number of hydrogen-bond donors (Lipinski definition) is 2. The summed E-state index contributed by atoms with van der Waals surface area (Å²) >= 11 is 2.10. The Labute approximate surface area is 128 Å². The molecule has 1 amide bonds. The summed E-state index contributed by atoms with van der Waals surface area (Å²) in [5, 5.41) is 14.3. The molecule has 3 rings (SSSR count). The van der Waals surface area contributed by atoms with E-state index < -0.39 is 6.09 Å². The summed E-state index contributed by atoms with van der Waals surface area (Å²) < 4.78 is 2.52. The topological polar surface area (TPSA) is 110 Å². The van der Waals surface area contributed by atoms with Crippen LogP contribution in [0.1, 0.15) is 18.9 Å². The Kier molecular flexibility index (Phi) is 3.36. The summed E-state index contributed by atoms with van der Waals surface area (Å²) in [5.74, 6) is 0.400. The van der Waals surface area contributed by atoms with Gasteiger partial charge in [0.15, 0.2) is 5.65 Å². The van der Waals surface area contributed by atoms with E-state index >= 15 is 0 Å². The zero-order valence-electron chi connectivity index (χ0n) is 10.5. The molecular weight excluding hydrogens is 375 g/mol. The van der Waals surface area contributed by atoms with Gasteiger partial charge in [0.05, 0.1) is 11.4 Å². The molecule has 3 N–H and O–H groups in total. The van der Waals surface area contributed by atoms with E-state index in [1.165, 1.54) is 11.2 Å². The number of carboxylic acid groups (broad SMARTS) is 1. The second-order valence-corrected chi connectivity index (χ2v) is 5.74. The average molecular weight is 388 g/mol. The number of hydrogen-bond acceptors (Lipinski definition) is 5. The smallest absolute Gasteiger partial charge is 0.407 e. The molecule has 1 aliphatic rings. The van der Waals surface area contributed by atoms with Gasteiger partial charge in [0.1, 0.15) is 15.8 Å². The number of piperidine rings is 1. The highest BCUT2D eigenvalue weighted by atomic mass is 127. The lowest BCUT2D eigenvalue weighted by molar-refractivity contribution is 0.120. The summed E-state index contributed by atoms with van der Waals surface area (Å²) in [6, 6.07) is -0.0137. The fourth-order valence-electron chi connectivity index (χ4n) is 2.54. The second kappa shape index (κ2) is 5.04. The number of nitrogens with two attached hydrogens (primary N) is 1. The van der Waals surface area contributed by atoms with Crippen LogP contribution in [-0.2, 0) is 0 Å². The molecule has 20 heavy (non-hydrogen) atoms. The molecule has 8 nitrogen and oxygen atoms in total. The zero-order valence-corrected chi connectivity index (χ0v) is 12.7. The summed E-state index contributed by atoms with van der Waals surface area (Å²) in [7, 11) is 0. The van der Waals surface area contributed by atoms with Crippen molar-refractivity contribution in [2.75, 3.05) is 18.8 Å². The van der Waals surface area contributed by atoms with Gasteiger partial charge in [0, 0.05) is 13.1 Å². The number of aromatic nitrogens is 4. The van der Waals surface area contributed by atoms with Crippen molar-refractivity contribution in [3.8, 4) is 0 Å². The van der Waals surface area contributed by atoms with Crippen molar-refractivity contribution in [1.82, 2.24) is 24.6 Å². The summed E-state index contributed by atoms with van der Waals surface area (Å²) in [5.41, 5.74) is 6.53. The SMILES string of the molecule is Nc1ncnc2c1c(I)nn2[C@@H]1CCCN(C(=O)O)C1. The third kappa shape index (κ3) is 2.15. The fraction of sp³-hybridized carbons (Fsp3) is 0.455. The van der Waals surface area contributed by atoms with Crippen LogP contribution in [0.2, 0.25) is 0 Å². The Bertz CT molecular complexity index is 672. The predicted octanol–water partition coefficient (Wildman–Crippen LogP) is 1.33. The van der Waals surface area contributed by atoms with Crippen molar-refractivity contribution in [1.29, 1.82) is 0 Å². The third-order valence-corrected chi connectivity index (χ3v) is 4.24. The van der Waals surface area contributed by atoms with Gasteiger partial charge in [0.25, 0.3) is 0 Å². The average Bonchev–Trinajstić information content (AvgIpc) is 2.78. The fourth-order valence-corrected chi connectivity index (χ4v) is 3.29. The van der Waals surface area contributed by atoms with Gasteiger partial charge in [-0.05, 0) is 35.4 Å². The number of fused-ring (bicyclic) bond motifs is 1. The molecule has 0 radical (unpaired) electrons. The molecule has 1 atom stereocenters. The number of carbonyl (C=O) groups is 1. The maximum absolute atomic E-state index is 11.1. The lowest BCUT2D eigenvalue weighted by Gasteiger charge is -2.30. The molecule has 3 heterocycles. The van der Waals surface area contributed by atoms with Gasteiger partial charge in [0.2, 0.25) is 0 Å². The number of rotatable bonds is 1. The van der Waals surface area contributed by atoms with Crippen LogP contribution in [0.25, 0.3) is 11.0 Å². The van der Waals surface area contributed by atoms with Gasteiger partial charge in [-0.3, -0.25) is 0 Å². The van der Waals surface area contributed by atoms with E-state index in [-0.39, 0.29) is 6.04 Å². The Morgan fingerprint density at radius 2 is 2.30 bits per heavy atom. The first kappa shape index (κ1) is 13.3. The Morgan fingerprint density at radius 3 is 3.05 bits per heavy atom. The number of anilines is 1. The van der Waals surface area contributed by atoms with Crippen LogP contribution >= 0.6 is 22.6 Å².